The van der Waals surface area contributed by atoms with Crippen LogP contribution in [0.25, 0.3) is 0 Å². The minimum atomic E-state index is 0.0578. The maximum Gasteiger partial charge on any atom is 0.193 e. The van der Waals surface area contributed by atoms with E-state index in [4.69, 9.17) is 0 Å². The molecule has 0 saturated carbocycles. The quantitative estimate of drug-likeness (QED) is 0.471. The topological polar surface area (TPSA) is 32.7 Å². The Morgan fingerprint density at radius 1 is 1.14 bits per heavy atom. The van der Waals surface area contributed by atoms with Crippen LogP contribution in [0.15, 0.2) is 47.5 Å². The number of hydrogen-bond acceptors (Lipinski definition) is 2. The summed E-state index contributed by atoms with van der Waals surface area (Å²) >= 11 is 0. The fourth-order valence-electron chi connectivity index (χ4n) is 2.17. The zero-order valence-corrected chi connectivity index (χ0v) is 13.6. The predicted molar refractivity (Wildman–Crippen MR) is 92.2 cm³/mol. The molecular weight excluding hydrogens is 272 g/mol. The first-order valence-corrected chi connectivity index (χ1v) is 7.48. The lowest BCUT2D eigenvalue weighted by Gasteiger charge is -2.11. The van der Waals surface area contributed by atoms with Crippen molar-refractivity contribution in [3.63, 3.8) is 0 Å². The van der Waals surface area contributed by atoms with Gasteiger partial charge in [-0.2, -0.15) is 0 Å². The molecule has 114 valence electrons. The Balaban J connectivity index is 2.34. The molecule has 2 aromatic rings. The van der Waals surface area contributed by atoms with Crippen LogP contribution in [0.3, 0.4) is 0 Å². The van der Waals surface area contributed by atoms with Gasteiger partial charge >= 0.3 is 0 Å². The Labute approximate surface area is 132 Å². The summed E-state index contributed by atoms with van der Waals surface area (Å²) in [5.41, 5.74) is 4.32. The van der Waals surface area contributed by atoms with Crippen molar-refractivity contribution in [1.82, 2.24) is 4.90 Å². The lowest BCUT2D eigenvalue weighted by molar-refractivity contribution is 0.103. The molecule has 0 fully saturated rings. The van der Waals surface area contributed by atoms with Crippen LogP contribution in [0.5, 0.6) is 0 Å². The molecule has 0 aliphatic rings. The molecule has 0 saturated heterocycles. The van der Waals surface area contributed by atoms with E-state index in [1.807, 2.05) is 74.6 Å². The van der Waals surface area contributed by atoms with Crippen molar-refractivity contribution in [2.24, 2.45) is 4.99 Å². The number of hydrogen-bond donors (Lipinski definition) is 0. The second-order valence-corrected chi connectivity index (χ2v) is 5.47. The van der Waals surface area contributed by atoms with E-state index >= 15 is 0 Å². The monoisotopic (exact) mass is 294 g/mol. The van der Waals surface area contributed by atoms with Gasteiger partial charge in [-0.3, -0.25) is 4.79 Å². The molecule has 0 aromatic heterocycles. The third kappa shape index (κ3) is 3.61. The van der Waals surface area contributed by atoms with Crippen molar-refractivity contribution in [2.45, 2.75) is 20.8 Å². The van der Waals surface area contributed by atoms with Crippen LogP contribution >= 0.6 is 0 Å². The zero-order chi connectivity index (χ0) is 16.1. The van der Waals surface area contributed by atoms with Gasteiger partial charge in [-0.25, -0.2) is 4.99 Å². The average molecular weight is 294 g/mol. The third-order valence-electron chi connectivity index (χ3n) is 3.72. The number of ketones is 1. The smallest absolute Gasteiger partial charge is 0.193 e. The Morgan fingerprint density at radius 2 is 1.82 bits per heavy atom. The van der Waals surface area contributed by atoms with E-state index in [0.717, 1.165) is 28.9 Å². The fourth-order valence-corrected chi connectivity index (χ4v) is 2.17. The largest absolute Gasteiger partial charge is 0.366 e. The van der Waals surface area contributed by atoms with Gasteiger partial charge in [0.05, 0.1) is 12.0 Å². The van der Waals surface area contributed by atoms with Crippen molar-refractivity contribution in [3.8, 4) is 0 Å². The number of nitrogens with zero attached hydrogens (tertiary/aromatic N) is 2. The third-order valence-corrected chi connectivity index (χ3v) is 3.72. The van der Waals surface area contributed by atoms with Crippen LogP contribution < -0.4 is 0 Å². The maximum absolute atomic E-state index is 12.6. The minimum Gasteiger partial charge on any atom is -0.366 e. The van der Waals surface area contributed by atoms with Crippen molar-refractivity contribution in [1.29, 1.82) is 0 Å². The van der Waals surface area contributed by atoms with E-state index in [0.29, 0.717) is 5.56 Å². The molecular formula is C19H22N2O. The van der Waals surface area contributed by atoms with Crippen LogP contribution in [0, 0.1) is 13.8 Å². The molecule has 0 atom stereocenters. The molecule has 3 heteroatoms. The molecule has 0 radical (unpaired) electrons. The molecule has 3 nitrogen and oxygen atoms in total. The minimum absolute atomic E-state index is 0.0578. The number of aliphatic imine (C=N–C) groups is 1. The Hall–Kier alpha value is -2.42. The van der Waals surface area contributed by atoms with Crippen LogP contribution in [0.1, 0.15) is 34.0 Å². The van der Waals surface area contributed by atoms with Crippen molar-refractivity contribution < 1.29 is 4.79 Å². The summed E-state index contributed by atoms with van der Waals surface area (Å²) in [5, 5.41) is 0. The van der Waals surface area contributed by atoms with Gasteiger partial charge in [0.2, 0.25) is 0 Å². The zero-order valence-electron chi connectivity index (χ0n) is 13.6. The van der Waals surface area contributed by atoms with Crippen LogP contribution in [-0.4, -0.2) is 30.6 Å². The van der Waals surface area contributed by atoms with Crippen LogP contribution in [0.4, 0.5) is 5.69 Å². The molecule has 0 aliphatic carbocycles. The standard InChI is InChI=1S/C19H22N2O/c1-5-21(4)13-20-18-12-14(2)17(11-15(18)3)19(22)16-9-7-6-8-10-16/h6-13H,5H2,1-4H3. The normalized spacial score (nSPS) is 10.9. The molecule has 0 spiro atoms. The summed E-state index contributed by atoms with van der Waals surface area (Å²) in [6.45, 7) is 6.93. The van der Waals surface area contributed by atoms with Crippen LogP contribution in [0.2, 0.25) is 0 Å². The van der Waals surface area contributed by atoms with E-state index in [2.05, 4.69) is 11.9 Å². The predicted octanol–water partition coefficient (Wildman–Crippen LogP) is 4.15. The fraction of sp³-hybridized carbons (Fsp3) is 0.263. The highest BCUT2D eigenvalue weighted by Gasteiger charge is 2.13. The maximum atomic E-state index is 12.6. The average Bonchev–Trinajstić information content (AvgIpc) is 2.55. The second kappa shape index (κ2) is 7.03. The van der Waals surface area contributed by atoms with Gasteiger partial charge in [0, 0.05) is 24.7 Å². The summed E-state index contributed by atoms with van der Waals surface area (Å²) < 4.78 is 0. The lowest BCUT2D eigenvalue weighted by Crippen LogP contribution is -2.14. The van der Waals surface area contributed by atoms with Gasteiger partial charge in [-0.1, -0.05) is 30.3 Å². The van der Waals surface area contributed by atoms with Gasteiger partial charge < -0.3 is 4.90 Å². The first-order chi connectivity index (χ1) is 10.5. The van der Waals surface area contributed by atoms with Crippen molar-refractivity contribution in [3.05, 3.63) is 64.7 Å². The van der Waals surface area contributed by atoms with Crippen molar-refractivity contribution >= 4 is 17.8 Å². The Kier molecular flexibility index (Phi) is 5.10. The summed E-state index contributed by atoms with van der Waals surface area (Å²) in [4.78, 5) is 19.1. The van der Waals surface area contributed by atoms with Gasteiger partial charge in [-0.15, -0.1) is 0 Å². The number of carbonyl (C=O) groups is 1. The molecule has 0 amide bonds. The number of rotatable bonds is 5. The van der Waals surface area contributed by atoms with E-state index in [1.165, 1.54) is 0 Å². The highest BCUT2D eigenvalue weighted by molar-refractivity contribution is 6.10. The number of benzene rings is 2. The molecule has 2 rings (SSSR count). The second-order valence-electron chi connectivity index (χ2n) is 5.47. The van der Waals surface area contributed by atoms with Crippen LogP contribution in [-0.2, 0) is 0 Å². The SMILES string of the molecule is CCN(C)C=Nc1cc(C)c(C(=O)c2ccccc2)cc1C. The van der Waals surface area contributed by atoms with Gasteiger partial charge in [0.15, 0.2) is 5.78 Å². The molecule has 0 unspecified atom stereocenters. The van der Waals surface area contributed by atoms with Crippen molar-refractivity contribution in [2.75, 3.05) is 13.6 Å². The first-order valence-electron chi connectivity index (χ1n) is 7.48. The van der Waals surface area contributed by atoms with E-state index in [-0.39, 0.29) is 5.78 Å². The molecule has 2 aromatic carbocycles. The summed E-state index contributed by atoms with van der Waals surface area (Å²) in [5.74, 6) is 0.0578. The summed E-state index contributed by atoms with van der Waals surface area (Å²) in [6, 6.07) is 13.3. The summed E-state index contributed by atoms with van der Waals surface area (Å²) in [7, 11) is 1.99. The van der Waals surface area contributed by atoms with E-state index < -0.39 is 0 Å². The van der Waals surface area contributed by atoms with Gasteiger partial charge in [-0.05, 0) is 44.0 Å². The molecule has 0 N–H and O–H groups in total. The van der Waals surface area contributed by atoms with E-state index in [1.54, 1.807) is 0 Å². The molecule has 0 heterocycles. The highest BCUT2D eigenvalue weighted by Crippen LogP contribution is 2.25. The number of carbonyl (C=O) groups excluding carboxylic acids is 1. The Morgan fingerprint density at radius 3 is 2.45 bits per heavy atom. The molecule has 0 aliphatic heterocycles. The van der Waals surface area contributed by atoms with E-state index in [9.17, 15) is 4.79 Å². The molecule has 0 bridgehead atoms. The molecule has 22 heavy (non-hydrogen) atoms. The Bertz CT molecular complexity index is 690. The summed E-state index contributed by atoms with van der Waals surface area (Å²) in [6.07, 6.45) is 1.82. The highest BCUT2D eigenvalue weighted by atomic mass is 16.1. The lowest BCUT2D eigenvalue weighted by atomic mass is 9.96. The first kappa shape index (κ1) is 16.0. The van der Waals surface area contributed by atoms with Gasteiger partial charge in [0.1, 0.15) is 0 Å². The van der Waals surface area contributed by atoms with Gasteiger partial charge in [0.25, 0.3) is 0 Å². The number of aryl methyl sites for hydroxylation is 2.